The lowest BCUT2D eigenvalue weighted by molar-refractivity contribution is -0.274. The molecule has 176 valence electrons. The van der Waals surface area contributed by atoms with Crippen LogP contribution in [-0.2, 0) is 9.53 Å². The van der Waals surface area contributed by atoms with Crippen LogP contribution in [-0.4, -0.2) is 30.9 Å². The van der Waals surface area contributed by atoms with Gasteiger partial charge in [-0.15, -0.1) is 13.2 Å². The molecule has 0 heterocycles. The van der Waals surface area contributed by atoms with Crippen LogP contribution in [0.3, 0.4) is 0 Å². The van der Waals surface area contributed by atoms with E-state index < -0.39 is 23.9 Å². The zero-order chi connectivity index (χ0) is 24.2. The summed E-state index contributed by atoms with van der Waals surface area (Å²) < 4.78 is 46.6. The molecule has 0 aromatic heterocycles. The normalized spacial score (nSPS) is 18.6. The van der Waals surface area contributed by atoms with Gasteiger partial charge >= 0.3 is 12.3 Å². The van der Waals surface area contributed by atoms with Crippen molar-refractivity contribution >= 4 is 11.9 Å². The lowest BCUT2D eigenvalue weighted by Crippen LogP contribution is -2.34. The highest BCUT2D eigenvalue weighted by atomic mass is 19.4. The monoisotopic (exact) mass is 461 g/mol. The van der Waals surface area contributed by atoms with E-state index >= 15 is 0 Å². The Hall–Kier alpha value is -3.29. The molecule has 33 heavy (non-hydrogen) atoms. The summed E-state index contributed by atoms with van der Waals surface area (Å²) in [6.07, 6.45) is -0.700. The molecule has 0 spiro atoms. The van der Waals surface area contributed by atoms with E-state index in [2.05, 4.69) is 10.1 Å². The van der Waals surface area contributed by atoms with Crippen molar-refractivity contribution in [1.29, 1.82) is 0 Å². The lowest BCUT2D eigenvalue weighted by atomic mass is 9.84. The molecule has 1 N–H and O–H groups in total. The maximum absolute atomic E-state index is 12.8. The number of halogens is 3. The molecule has 8 heteroatoms. The van der Waals surface area contributed by atoms with Gasteiger partial charge in [-0.25, -0.2) is 0 Å². The molecule has 5 nitrogen and oxygen atoms in total. The highest BCUT2D eigenvalue weighted by molar-refractivity contribution is 5.95. The number of carbonyl (C=O) groups excluding carboxylic acids is 2. The average Bonchev–Trinajstić information content (AvgIpc) is 3.14. The summed E-state index contributed by atoms with van der Waals surface area (Å²) in [6, 6.07) is 10.5. The number of benzene rings is 2. The topological polar surface area (TPSA) is 64.6 Å². The van der Waals surface area contributed by atoms with Crippen LogP contribution in [0.4, 0.5) is 13.2 Å². The number of esters is 1. The van der Waals surface area contributed by atoms with Gasteiger partial charge in [-0.2, -0.15) is 0 Å². The van der Waals surface area contributed by atoms with Crippen molar-refractivity contribution in [3.05, 3.63) is 76.9 Å². The molecule has 1 aliphatic rings. The first-order chi connectivity index (χ1) is 15.6. The molecule has 0 fully saturated rings. The molecule has 0 aliphatic heterocycles. The Morgan fingerprint density at radius 2 is 1.79 bits per heavy atom. The number of nitrogens with one attached hydrogen (secondary N) is 1. The highest BCUT2D eigenvalue weighted by Gasteiger charge is 2.35. The van der Waals surface area contributed by atoms with Gasteiger partial charge in [0.05, 0.1) is 12.5 Å². The van der Waals surface area contributed by atoms with Crippen LogP contribution < -0.4 is 10.1 Å². The number of hydrogen-bond acceptors (Lipinski definition) is 4. The molecule has 3 rings (SSSR count). The van der Waals surface area contributed by atoms with Gasteiger partial charge in [-0.1, -0.05) is 47.5 Å². The minimum Gasteiger partial charge on any atom is -0.466 e. The van der Waals surface area contributed by atoms with Crippen molar-refractivity contribution in [1.82, 2.24) is 5.32 Å². The number of hydrogen-bond donors (Lipinski definition) is 1. The second-order valence-corrected chi connectivity index (χ2v) is 8.09. The summed E-state index contributed by atoms with van der Waals surface area (Å²) in [5.41, 5.74) is 2.97. The van der Waals surface area contributed by atoms with E-state index in [-0.39, 0.29) is 30.1 Å². The minimum absolute atomic E-state index is 0.0462. The first-order valence-corrected chi connectivity index (χ1v) is 10.7. The standard InChI is InChI=1S/C25H26F3NO4/c1-4-32-24(31)22(19-11-15(2)10-16(3)12-19)17-8-9-20(13-17)29-23(30)18-6-5-7-21(14-18)33-25(26,27)28/h5-12,14,17,20,22H,4,13H2,1-3H3,(H,29,30)/t17-,20-,22+/m1/s1. The van der Waals surface area contributed by atoms with Crippen LogP contribution in [0.25, 0.3) is 0 Å². The third-order valence-electron chi connectivity index (χ3n) is 5.33. The summed E-state index contributed by atoms with van der Waals surface area (Å²) >= 11 is 0. The van der Waals surface area contributed by atoms with Crippen LogP contribution in [0.2, 0.25) is 0 Å². The fourth-order valence-corrected chi connectivity index (χ4v) is 4.15. The zero-order valence-electron chi connectivity index (χ0n) is 18.6. The zero-order valence-corrected chi connectivity index (χ0v) is 18.6. The molecule has 0 saturated heterocycles. The van der Waals surface area contributed by atoms with Crippen LogP contribution in [0, 0.1) is 19.8 Å². The third-order valence-corrected chi connectivity index (χ3v) is 5.33. The number of amides is 1. The van der Waals surface area contributed by atoms with E-state index in [1.165, 1.54) is 12.1 Å². The lowest BCUT2D eigenvalue weighted by Gasteiger charge is -2.23. The molecule has 1 aliphatic carbocycles. The van der Waals surface area contributed by atoms with E-state index in [4.69, 9.17) is 4.74 Å². The van der Waals surface area contributed by atoms with E-state index in [0.29, 0.717) is 6.42 Å². The molecular formula is C25H26F3NO4. The number of rotatable bonds is 7. The molecule has 2 aromatic rings. The summed E-state index contributed by atoms with van der Waals surface area (Å²) in [5, 5.41) is 2.80. The minimum atomic E-state index is -4.84. The van der Waals surface area contributed by atoms with Gasteiger partial charge in [0.1, 0.15) is 5.75 Å². The molecular weight excluding hydrogens is 435 g/mol. The molecule has 1 amide bonds. The van der Waals surface area contributed by atoms with Gasteiger partial charge in [-0.3, -0.25) is 9.59 Å². The van der Waals surface area contributed by atoms with Crippen molar-refractivity contribution in [2.24, 2.45) is 5.92 Å². The number of aryl methyl sites for hydroxylation is 2. The summed E-state index contributed by atoms with van der Waals surface area (Å²) in [5.74, 6) is -2.05. The van der Waals surface area contributed by atoms with E-state index in [1.54, 1.807) is 13.0 Å². The molecule has 0 bridgehead atoms. The number of ether oxygens (including phenoxy) is 2. The Labute approximate surface area is 190 Å². The Kier molecular flexibility index (Phi) is 7.46. The van der Waals surface area contributed by atoms with Gasteiger partial charge in [0, 0.05) is 11.6 Å². The largest absolute Gasteiger partial charge is 0.573 e. The Morgan fingerprint density at radius 1 is 1.09 bits per heavy atom. The van der Waals surface area contributed by atoms with Crippen LogP contribution in [0.1, 0.15) is 46.3 Å². The predicted molar refractivity (Wildman–Crippen MR) is 117 cm³/mol. The smallest absolute Gasteiger partial charge is 0.466 e. The van der Waals surface area contributed by atoms with Crippen molar-refractivity contribution < 1.29 is 32.2 Å². The predicted octanol–water partition coefficient (Wildman–Crippen LogP) is 5.22. The molecule has 0 saturated carbocycles. The van der Waals surface area contributed by atoms with Crippen LogP contribution in [0.15, 0.2) is 54.6 Å². The third kappa shape index (κ3) is 6.60. The summed E-state index contributed by atoms with van der Waals surface area (Å²) in [4.78, 5) is 25.4. The van der Waals surface area contributed by atoms with Gasteiger partial charge in [0.25, 0.3) is 5.91 Å². The molecule has 0 radical (unpaired) electrons. The molecule has 3 atom stereocenters. The first kappa shape index (κ1) is 24.4. The van der Waals surface area contributed by atoms with Crippen LogP contribution >= 0.6 is 0 Å². The number of carbonyl (C=O) groups is 2. The molecule has 0 unspecified atom stereocenters. The average molecular weight is 461 g/mol. The Bertz CT molecular complexity index is 1030. The second-order valence-electron chi connectivity index (χ2n) is 8.09. The van der Waals surface area contributed by atoms with E-state index in [1.807, 2.05) is 38.1 Å². The SMILES string of the molecule is CCOC(=O)[C@H](c1cc(C)cc(C)c1)[C@@H]1C=C[C@@H](NC(=O)c2cccc(OC(F)(F)F)c2)C1. The number of alkyl halides is 3. The summed E-state index contributed by atoms with van der Waals surface area (Å²) in [7, 11) is 0. The van der Waals surface area contributed by atoms with Gasteiger partial charge in [0.15, 0.2) is 0 Å². The van der Waals surface area contributed by atoms with Gasteiger partial charge < -0.3 is 14.8 Å². The second kappa shape index (κ2) is 10.1. The first-order valence-electron chi connectivity index (χ1n) is 10.7. The quantitative estimate of drug-likeness (QED) is 0.453. The molecule has 2 aromatic carbocycles. The van der Waals surface area contributed by atoms with Crippen LogP contribution in [0.5, 0.6) is 5.75 Å². The van der Waals surface area contributed by atoms with E-state index in [0.717, 1.165) is 28.8 Å². The van der Waals surface area contributed by atoms with Crippen molar-refractivity contribution in [2.45, 2.75) is 45.5 Å². The van der Waals surface area contributed by atoms with Crippen molar-refractivity contribution in [2.75, 3.05) is 6.61 Å². The maximum atomic E-state index is 12.8. The van der Waals surface area contributed by atoms with Gasteiger partial charge in [0.2, 0.25) is 0 Å². The Morgan fingerprint density at radius 3 is 2.42 bits per heavy atom. The fourth-order valence-electron chi connectivity index (χ4n) is 4.15. The maximum Gasteiger partial charge on any atom is 0.573 e. The fraction of sp³-hybridized carbons (Fsp3) is 0.360. The summed E-state index contributed by atoms with van der Waals surface area (Å²) in [6.45, 7) is 5.93. The highest BCUT2D eigenvalue weighted by Crippen LogP contribution is 2.35. The number of allylic oxidation sites excluding steroid dienone is 1. The van der Waals surface area contributed by atoms with Gasteiger partial charge in [-0.05, 0) is 56.9 Å². The van der Waals surface area contributed by atoms with Crippen molar-refractivity contribution in [3.63, 3.8) is 0 Å². The van der Waals surface area contributed by atoms with E-state index in [9.17, 15) is 22.8 Å². The van der Waals surface area contributed by atoms with Crippen molar-refractivity contribution in [3.8, 4) is 5.75 Å². The Balaban J connectivity index is 1.72.